The van der Waals surface area contributed by atoms with Gasteiger partial charge in [0.1, 0.15) is 5.58 Å². The molecule has 1 saturated heterocycles. The molecule has 2 aromatic carbocycles. The third kappa shape index (κ3) is 5.31. The molecule has 3 N–H and O–H groups in total. The van der Waals surface area contributed by atoms with Crippen LogP contribution < -0.4 is 4.72 Å². The van der Waals surface area contributed by atoms with Crippen molar-refractivity contribution in [2.24, 2.45) is 0 Å². The maximum atomic E-state index is 12.9. The van der Waals surface area contributed by atoms with E-state index < -0.39 is 23.1 Å². The van der Waals surface area contributed by atoms with E-state index in [1.165, 1.54) is 6.26 Å². The Kier molecular flexibility index (Phi) is 6.71. The fourth-order valence-corrected chi connectivity index (χ4v) is 5.55. The van der Waals surface area contributed by atoms with Gasteiger partial charge in [-0.15, -0.1) is 0 Å². The molecular formula is C21H23BClNO6S. The van der Waals surface area contributed by atoms with Crippen LogP contribution in [0.5, 0.6) is 0 Å². The molecule has 31 heavy (non-hydrogen) atoms. The van der Waals surface area contributed by atoms with Gasteiger partial charge < -0.3 is 19.2 Å². The highest BCUT2D eigenvalue weighted by Crippen LogP contribution is 2.33. The Balaban J connectivity index is 1.55. The van der Waals surface area contributed by atoms with Gasteiger partial charge >= 0.3 is 7.12 Å². The number of nitrogens with one attached hydrogen (secondary N) is 1. The molecule has 0 saturated carbocycles. The summed E-state index contributed by atoms with van der Waals surface area (Å²) in [7, 11) is -5.81. The number of hydrogen-bond donors (Lipinski definition) is 3. The number of furan rings is 1. The van der Waals surface area contributed by atoms with E-state index in [9.17, 15) is 18.5 Å². The lowest BCUT2D eigenvalue weighted by molar-refractivity contribution is 0.111. The number of rotatable bonds is 8. The van der Waals surface area contributed by atoms with Gasteiger partial charge in [0, 0.05) is 17.0 Å². The molecule has 1 unspecified atom stereocenters. The van der Waals surface area contributed by atoms with E-state index in [1.807, 2.05) is 18.2 Å². The van der Waals surface area contributed by atoms with Gasteiger partial charge in [-0.2, -0.15) is 0 Å². The van der Waals surface area contributed by atoms with Gasteiger partial charge in [-0.3, -0.25) is 0 Å². The summed E-state index contributed by atoms with van der Waals surface area (Å²) in [4.78, 5) is 0. The number of benzene rings is 2. The van der Waals surface area contributed by atoms with Gasteiger partial charge in [-0.05, 0) is 54.2 Å². The second kappa shape index (κ2) is 9.32. The van der Waals surface area contributed by atoms with Crippen LogP contribution in [0.3, 0.4) is 0 Å². The lowest BCUT2D eigenvalue weighted by Crippen LogP contribution is -2.48. The number of fused-ring (bicyclic) bond motifs is 1. The van der Waals surface area contributed by atoms with Gasteiger partial charge in [0.2, 0.25) is 10.0 Å². The quantitative estimate of drug-likeness (QED) is 0.443. The highest BCUT2D eigenvalue weighted by Gasteiger charge is 2.31. The molecule has 2 atom stereocenters. The van der Waals surface area contributed by atoms with Gasteiger partial charge in [0.25, 0.3) is 0 Å². The first kappa shape index (κ1) is 22.3. The number of para-hydroxylation sites is 1. The third-order valence-corrected chi connectivity index (χ3v) is 7.01. The lowest BCUT2D eigenvalue weighted by atomic mass is 9.77. The Bertz CT molecular complexity index is 1160. The van der Waals surface area contributed by atoms with Crippen molar-refractivity contribution in [2.45, 2.75) is 37.1 Å². The molecule has 164 valence electrons. The van der Waals surface area contributed by atoms with Crippen molar-refractivity contribution >= 4 is 39.7 Å². The minimum absolute atomic E-state index is 0.0576. The fourth-order valence-electron chi connectivity index (χ4n) is 3.95. The first-order chi connectivity index (χ1) is 14.8. The first-order valence-electron chi connectivity index (χ1n) is 10.0. The topological polar surface area (TPSA) is 109 Å². The summed E-state index contributed by atoms with van der Waals surface area (Å²) < 4.78 is 39.5. The second-order valence-electron chi connectivity index (χ2n) is 7.70. The van der Waals surface area contributed by atoms with Crippen molar-refractivity contribution in [1.82, 2.24) is 4.72 Å². The maximum Gasteiger partial charge on any atom is 0.471 e. The Morgan fingerprint density at radius 3 is 2.74 bits per heavy atom. The van der Waals surface area contributed by atoms with Crippen LogP contribution in [0, 0.1) is 0 Å². The predicted molar refractivity (Wildman–Crippen MR) is 119 cm³/mol. The van der Waals surface area contributed by atoms with Gasteiger partial charge in [0.15, 0.2) is 0 Å². The Morgan fingerprint density at radius 2 is 2.00 bits per heavy atom. The van der Waals surface area contributed by atoms with Crippen molar-refractivity contribution < 1.29 is 27.6 Å². The normalized spacial score (nSPS) is 17.8. The SMILES string of the molecule is O=S(=O)(Cc1cc(Cl)ccc1C1CCCO1)N[C@@H](Cc1coc2ccccc12)B(O)O. The zero-order valence-corrected chi connectivity index (χ0v) is 18.3. The summed E-state index contributed by atoms with van der Waals surface area (Å²) in [5.41, 5.74) is 2.65. The van der Waals surface area contributed by atoms with Gasteiger partial charge in [-0.25, -0.2) is 13.1 Å². The summed E-state index contributed by atoms with van der Waals surface area (Å²) in [6.45, 7) is 0.634. The van der Waals surface area contributed by atoms with E-state index in [1.54, 1.807) is 24.3 Å². The minimum atomic E-state index is -3.92. The van der Waals surface area contributed by atoms with Crippen LogP contribution in [0.25, 0.3) is 11.0 Å². The van der Waals surface area contributed by atoms with Crippen molar-refractivity contribution in [2.75, 3.05) is 6.61 Å². The number of ether oxygens (including phenoxy) is 1. The molecule has 1 aromatic heterocycles. The average Bonchev–Trinajstić information content (AvgIpc) is 3.38. The number of hydrogen-bond acceptors (Lipinski definition) is 6. The molecule has 0 bridgehead atoms. The van der Waals surface area contributed by atoms with Crippen LogP contribution in [0.15, 0.2) is 53.1 Å². The molecule has 1 fully saturated rings. The van der Waals surface area contributed by atoms with Crippen molar-refractivity contribution in [3.8, 4) is 0 Å². The highest BCUT2D eigenvalue weighted by atomic mass is 35.5. The minimum Gasteiger partial charge on any atom is -0.464 e. The lowest BCUT2D eigenvalue weighted by Gasteiger charge is -2.20. The molecule has 1 aliphatic rings. The Labute approximate surface area is 186 Å². The van der Waals surface area contributed by atoms with Crippen LogP contribution >= 0.6 is 11.6 Å². The molecule has 4 rings (SSSR count). The van der Waals surface area contributed by atoms with Crippen molar-refractivity contribution in [3.05, 3.63) is 70.4 Å². The summed E-state index contributed by atoms with van der Waals surface area (Å²) in [6.07, 6.45) is 3.12. The summed E-state index contributed by atoms with van der Waals surface area (Å²) in [5.74, 6) is -1.49. The monoisotopic (exact) mass is 463 g/mol. The first-order valence-corrected chi connectivity index (χ1v) is 12.1. The van der Waals surface area contributed by atoms with Crippen LogP contribution in [-0.4, -0.2) is 38.1 Å². The highest BCUT2D eigenvalue weighted by molar-refractivity contribution is 7.88. The average molecular weight is 464 g/mol. The molecule has 3 aromatic rings. The molecule has 0 radical (unpaired) electrons. The standard InChI is InChI=1S/C21H23BClNO6S/c23-16-7-8-18(19-6-3-9-29-19)15(10-16)13-31(27,28)24-21(22(25)26)11-14-12-30-20-5-2-1-4-17(14)20/h1-2,4-5,7-8,10,12,19,21,24-26H,3,6,9,11,13H2/t19?,21-/m0/s1. The van der Waals surface area contributed by atoms with E-state index in [0.717, 1.165) is 23.8 Å². The second-order valence-corrected chi connectivity index (χ2v) is 9.89. The molecule has 1 aliphatic heterocycles. The molecule has 2 heterocycles. The molecule has 7 nitrogen and oxygen atoms in total. The van der Waals surface area contributed by atoms with E-state index in [0.29, 0.717) is 28.3 Å². The van der Waals surface area contributed by atoms with E-state index >= 15 is 0 Å². The van der Waals surface area contributed by atoms with E-state index in [-0.39, 0.29) is 18.3 Å². The summed E-state index contributed by atoms with van der Waals surface area (Å²) >= 11 is 6.11. The molecule has 0 spiro atoms. The molecule has 0 aliphatic carbocycles. The Morgan fingerprint density at radius 1 is 1.19 bits per heavy atom. The van der Waals surface area contributed by atoms with Crippen LogP contribution in [0.2, 0.25) is 5.02 Å². The largest absolute Gasteiger partial charge is 0.471 e. The van der Waals surface area contributed by atoms with E-state index in [4.69, 9.17) is 20.8 Å². The molecular weight excluding hydrogens is 441 g/mol. The summed E-state index contributed by atoms with van der Waals surface area (Å²) in [6, 6.07) is 12.4. The number of sulfonamides is 1. The van der Waals surface area contributed by atoms with Crippen LogP contribution in [0.4, 0.5) is 0 Å². The molecule has 0 amide bonds. The van der Waals surface area contributed by atoms with Crippen LogP contribution in [0.1, 0.15) is 35.6 Å². The van der Waals surface area contributed by atoms with Crippen molar-refractivity contribution in [3.63, 3.8) is 0 Å². The van der Waals surface area contributed by atoms with Crippen LogP contribution in [-0.2, 0) is 26.9 Å². The van der Waals surface area contributed by atoms with E-state index in [2.05, 4.69) is 4.72 Å². The zero-order valence-electron chi connectivity index (χ0n) is 16.7. The fraction of sp³-hybridized carbons (Fsp3) is 0.333. The molecule has 10 heteroatoms. The summed E-state index contributed by atoms with van der Waals surface area (Å²) in [5, 5.41) is 20.9. The van der Waals surface area contributed by atoms with Gasteiger partial charge in [-0.1, -0.05) is 35.9 Å². The maximum absolute atomic E-state index is 12.9. The third-order valence-electron chi connectivity index (χ3n) is 5.42. The number of halogens is 1. The zero-order chi connectivity index (χ0) is 22.0. The Hall–Kier alpha value is -1.88. The van der Waals surface area contributed by atoms with Gasteiger partial charge in [0.05, 0.1) is 24.1 Å². The van der Waals surface area contributed by atoms with Crippen molar-refractivity contribution in [1.29, 1.82) is 0 Å². The predicted octanol–water partition coefficient (Wildman–Crippen LogP) is 2.98. The smallest absolute Gasteiger partial charge is 0.464 e.